The molecule has 4 aliphatic rings. The Kier molecular flexibility index (Phi) is 3.96. The summed E-state index contributed by atoms with van der Waals surface area (Å²) in [6.07, 6.45) is 8.44. The first kappa shape index (κ1) is 16.8. The van der Waals surface area contributed by atoms with Gasteiger partial charge in [0.15, 0.2) is 5.79 Å². The first-order valence-corrected chi connectivity index (χ1v) is 9.78. The molecule has 0 aromatic heterocycles. The van der Waals surface area contributed by atoms with E-state index in [2.05, 4.69) is 13.8 Å². The van der Waals surface area contributed by atoms with Crippen molar-refractivity contribution in [2.75, 3.05) is 14.2 Å². The van der Waals surface area contributed by atoms with Crippen molar-refractivity contribution in [3.8, 4) is 0 Å². The van der Waals surface area contributed by atoms with Gasteiger partial charge >= 0.3 is 0 Å². The number of Topliss-reactive ketones (excluding diaryl/α,β-unsaturated/α-hetero) is 1. The summed E-state index contributed by atoms with van der Waals surface area (Å²) >= 11 is 0. The van der Waals surface area contributed by atoms with Crippen LogP contribution in [0, 0.1) is 29.1 Å². The third-order valence-corrected chi connectivity index (χ3v) is 8.17. The van der Waals surface area contributed by atoms with E-state index < -0.39 is 5.79 Å². The van der Waals surface area contributed by atoms with E-state index in [-0.39, 0.29) is 5.41 Å². The van der Waals surface area contributed by atoms with Crippen molar-refractivity contribution < 1.29 is 14.3 Å². The second-order valence-corrected chi connectivity index (χ2v) is 9.01. The summed E-state index contributed by atoms with van der Waals surface area (Å²) in [4.78, 5) is 12.5. The summed E-state index contributed by atoms with van der Waals surface area (Å²) in [5.74, 6) is 2.85. The van der Waals surface area contributed by atoms with Gasteiger partial charge in [-0.15, -0.1) is 0 Å². The summed E-state index contributed by atoms with van der Waals surface area (Å²) < 4.78 is 11.5. The summed E-state index contributed by atoms with van der Waals surface area (Å²) in [6, 6.07) is 0. The Morgan fingerprint density at radius 2 is 1.83 bits per heavy atom. The number of ether oxygens (including phenoxy) is 2. The van der Waals surface area contributed by atoms with Crippen molar-refractivity contribution in [3.05, 3.63) is 11.1 Å². The molecular formula is C21H32O3. The topological polar surface area (TPSA) is 35.5 Å². The highest BCUT2D eigenvalue weighted by Crippen LogP contribution is 2.61. The summed E-state index contributed by atoms with van der Waals surface area (Å²) in [5.41, 5.74) is 3.29. The normalized spacial score (nSPS) is 44.1. The van der Waals surface area contributed by atoms with Crippen LogP contribution in [-0.2, 0) is 14.3 Å². The minimum Gasteiger partial charge on any atom is -0.353 e. The van der Waals surface area contributed by atoms with Gasteiger partial charge in [-0.25, -0.2) is 0 Å². The van der Waals surface area contributed by atoms with Crippen LogP contribution in [-0.4, -0.2) is 25.8 Å². The molecule has 3 nitrogen and oxygen atoms in total. The van der Waals surface area contributed by atoms with E-state index in [9.17, 15) is 4.79 Å². The van der Waals surface area contributed by atoms with Gasteiger partial charge in [-0.2, -0.15) is 0 Å². The molecule has 4 aliphatic carbocycles. The van der Waals surface area contributed by atoms with Crippen molar-refractivity contribution in [1.29, 1.82) is 0 Å². The monoisotopic (exact) mass is 332 g/mol. The Morgan fingerprint density at radius 3 is 2.54 bits per heavy atom. The van der Waals surface area contributed by atoms with Crippen LogP contribution in [0.3, 0.4) is 0 Å². The smallest absolute Gasteiger partial charge is 0.171 e. The van der Waals surface area contributed by atoms with E-state index >= 15 is 0 Å². The van der Waals surface area contributed by atoms with Gasteiger partial charge in [0, 0.05) is 38.9 Å². The molecule has 3 heteroatoms. The largest absolute Gasteiger partial charge is 0.353 e. The highest BCUT2D eigenvalue weighted by Gasteiger charge is 2.57. The zero-order valence-electron chi connectivity index (χ0n) is 15.7. The van der Waals surface area contributed by atoms with Crippen LogP contribution in [0.25, 0.3) is 0 Å². The Bertz CT molecular complexity index is 574. The molecule has 0 N–H and O–H groups in total. The van der Waals surface area contributed by atoms with Gasteiger partial charge in [0.2, 0.25) is 0 Å². The first-order chi connectivity index (χ1) is 11.4. The van der Waals surface area contributed by atoms with Gasteiger partial charge in [-0.05, 0) is 55.8 Å². The Hall–Kier alpha value is -0.670. The highest BCUT2D eigenvalue weighted by atomic mass is 16.7. The summed E-state index contributed by atoms with van der Waals surface area (Å²) in [6.45, 7) is 4.69. The lowest BCUT2D eigenvalue weighted by molar-refractivity contribution is -0.213. The fourth-order valence-electron chi connectivity index (χ4n) is 6.80. The lowest BCUT2D eigenvalue weighted by Crippen LogP contribution is -2.48. The predicted octanol–water partition coefficient (Wildman–Crippen LogP) is 4.51. The van der Waals surface area contributed by atoms with E-state index in [4.69, 9.17) is 9.47 Å². The quantitative estimate of drug-likeness (QED) is 0.551. The van der Waals surface area contributed by atoms with E-state index in [1.165, 1.54) is 12.8 Å². The highest BCUT2D eigenvalue weighted by molar-refractivity contribution is 5.87. The van der Waals surface area contributed by atoms with Crippen molar-refractivity contribution in [3.63, 3.8) is 0 Å². The third-order valence-electron chi connectivity index (χ3n) is 8.17. The van der Waals surface area contributed by atoms with Crippen LogP contribution in [0.5, 0.6) is 0 Å². The molecule has 0 bridgehead atoms. The molecule has 24 heavy (non-hydrogen) atoms. The number of ketones is 1. The third kappa shape index (κ3) is 2.20. The van der Waals surface area contributed by atoms with Gasteiger partial charge in [0.25, 0.3) is 0 Å². The Balaban J connectivity index is 1.66. The standard InChI is InChI=1S/C21H32O3/c1-13-11-14-12-21(23-3,24-4)10-8-15(14)16-7-9-20(2)17(19(13)16)5-6-18(20)22/h13,16-17,19H,5-12H2,1-4H3/t13-,16-,17+,19-,20?/m1/s1. The van der Waals surface area contributed by atoms with Gasteiger partial charge in [-0.1, -0.05) is 25.0 Å². The average Bonchev–Trinajstić information content (AvgIpc) is 2.89. The molecular weight excluding hydrogens is 300 g/mol. The molecule has 2 fully saturated rings. The lowest BCUT2D eigenvalue weighted by Gasteiger charge is -2.53. The van der Waals surface area contributed by atoms with Crippen LogP contribution in [0.1, 0.15) is 65.2 Å². The van der Waals surface area contributed by atoms with Crippen molar-refractivity contribution in [1.82, 2.24) is 0 Å². The molecule has 4 rings (SSSR count). The molecule has 0 heterocycles. The van der Waals surface area contributed by atoms with E-state index in [1.54, 1.807) is 25.4 Å². The molecule has 0 spiro atoms. The second-order valence-electron chi connectivity index (χ2n) is 9.01. The molecule has 2 saturated carbocycles. The number of hydrogen-bond acceptors (Lipinski definition) is 3. The number of carbonyl (C=O) groups excluding carboxylic acids is 1. The molecule has 0 amide bonds. The Morgan fingerprint density at radius 1 is 1.08 bits per heavy atom. The maximum Gasteiger partial charge on any atom is 0.171 e. The number of carbonyl (C=O) groups is 1. The molecule has 5 atom stereocenters. The van der Waals surface area contributed by atoms with Crippen molar-refractivity contribution in [2.45, 2.75) is 71.0 Å². The maximum atomic E-state index is 12.5. The van der Waals surface area contributed by atoms with Crippen LogP contribution in [0.2, 0.25) is 0 Å². The van der Waals surface area contributed by atoms with Crippen LogP contribution < -0.4 is 0 Å². The van der Waals surface area contributed by atoms with E-state index in [0.717, 1.165) is 38.5 Å². The zero-order chi connectivity index (χ0) is 17.1. The number of allylic oxidation sites excluding steroid dienone is 1. The molecule has 0 saturated heterocycles. The van der Waals surface area contributed by atoms with Crippen LogP contribution in [0.15, 0.2) is 11.1 Å². The molecule has 0 radical (unpaired) electrons. The summed E-state index contributed by atoms with van der Waals surface area (Å²) in [7, 11) is 3.56. The maximum absolute atomic E-state index is 12.5. The fourth-order valence-corrected chi connectivity index (χ4v) is 6.80. The Labute approximate surface area is 146 Å². The first-order valence-electron chi connectivity index (χ1n) is 9.78. The fraction of sp³-hybridized carbons (Fsp3) is 0.857. The van der Waals surface area contributed by atoms with Crippen LogP contribution in [0.4, 0.5) is 0 Å². The zero-order valence-corrected chi connectivity index (χ0v) is 15.7. The minimum atomic E-state index is -0.405. The molecule has 134 valence electrons. The van der Waals surface area contributed by atoms with E-state index in [1.807, 2.05) is 0 Å². The number of methoxy groups -OCH3 is 2. The number of rotatable bonds is 2. The molecule has 0 aliphatic heterocycles. The van der Waals surface area contributed by atoms with Gasteiger partial charge < -0.3 is 9.47 Å². The average molecular weight is 332 g/mol. The number of hydrogen-bond donors (Lipinski definition) is 0. The van der Waals surface area contributed by atoms with E-state index in [0.29, 0.717) is 29.5 Å². The second kappa shape index (κ2) is 5.67. The molecule has 0 aromatic carbocycles. The lowest BCUT2D eigenvalue weighted by atomic mass is 9.51. The minimum absolute atomic E-state index is 0.0228. The van der Waals surface area contributed by atoms with Gasteiger partial charge in [0.05, 0.1) is 0 Å². The van der Waals surface area contributed by atoms with Gasteiger partial charge in [-0.3, -0.25) is 4.79 Å². The van der Waals surface area contributed by atoms with Gasteiger partial charge in [0.1, 0.15) is 5.78 Å². The molecule has 1 unspecified atom stereocenters. The predicted molar refractivity (Wildman–Crippen MR) is 93.5 cm³/mol. The van der Waals surface area contributed by atoms with Crippen LogP contribution >= 0.6 is 0 Å². The SMILES string of the molecule is COC1(OC)CCC2=C(C[C@@H](C)[C@@H]3[C@@H]2CCC2(C)C(=O)CC[C@@H]32)C1. The van der Waals surface area contributed by atoms with Crippen molar-refractivity contribution >= 4 is 5.78 Å². The number of fused-ring (bicyclic) bond motifs is 4. The van der Waals surface area contributed by atoms with Crippen molar-refractivity contribution in [2.24, 2.45) is 29.1 Å². The summed E-state index contributed by atoms with van der Waals surface area (Å²) in [5, 5.41) is 0. The molecule has 0 aromatic rings.